The van der Waals surface area contributed by atoms with E-state index in [2.05, 4.69) is 43.0 Å². The molecule has 1 fully saturated rings. The summed E-state index contributed by atoms with van der Waals surface area (Å²) in [6, 6.07) is 0. The van der Waals surface area contributed by atoms with Crippen LogP contribution in [0.5, 0.6) is 0 Å². The molecule has 0 aromatic carbocycles. The third-order valence-electron chi connectivity index (χ3n) is 3.10. The molecule has 0 amide bonds. The molecule has 0 saturated carbocycles. The molecule has 0 spiro atoms. The van der Waals surface area contributed by atoms with Crippen molar-refractivity contribution in [2.75, 3.05) is 31.5 Å². The van der Waals surface area contributed by atoms with Crippen LogP contribution in [0.3, 0.4) is 0 Å². The first-order chi connectivity index (χ1) is 8.65. The predicted octanol–water partition coefficient (Wildman–Crippen LogP) is 3.04. The van der Waals surface area contributed by atoms with Crippen LogP contribution >= 0.6 is 27.5 Å². The summed E-state index contributed by atoms with van der Waals surface area (Å²) in [4.78, 5) is 10.6. The van der Waals surface area contributed by atoms with E-state index in [1.807, 2.05) is 0 Å². The Labute approximate surface area is 121 Å². The Morgan fingerprint density at radius 2 is 2.22 bits per heavy atom. The van der Waals surface area contributed by atoms with Crippen molar-refractivity contribution in [3.63, 3.8) is 0 Å². The van der Waals surface area contributed by atoms with Crippen LogP contribution in [0.15, 0.2) is 10.7 Å². The lowest BCUT2D eigenvalue weighted by molar-refractivity contribution is 0.294. The average molecular weight is 334 g/mol. The number of likely N-dealkylation sites (tertiary alicyclic amines) is 1. The van der Waals surface area contributed by atoms with Gasteiger partial charge in [0, 0.05) is 19.3 Å². The molecule has 0 aliphatic carbocycles. The number of halogens is 2. The Kier molecular flexibility index (Phi) is 5.21. The molecule has 1 aromatic rings. The van der Waals surface area contributed by atoms with Crippen molar-refractivity contribution in [1.29, 1.82) is 0 Å². The molecule has 0 radical (unpaired) electrons. The van der Waals surface area contributed by atoms with Gasteiger partial charge in [-0.15, -0.1) is 0 Å². The zero-order chi connectivity index (χ0) is 13.0. The van der Waals surface area contributed by atoms with Gasteiger partial charge in [-0.2, -0.15) is 4.98 Å². The van der Waals surface area contributed by atoms with Crippen LogP contribution in [0.25, 0.3) is 0 Å². The van der Waals surface area contributed by atoms with Gasteiger partial charge in [-0.3, -0.25) is 0 Å². The molecule has 1 unspecified atom stereocenters. The smallest absolute Gasteiger partial charge is 0.224 e. The Morgan fingerprint density at radius 3 is 2.94 bits per heavy atom. The fraction of sp³-hybridized carbons (Fsp3) is 0.667. The van der Waals surface area contributed by atoms with E-state index in [0.717, 1.165) is 23.4 Å². The summed E-state index contributed by atoms with van der Waals surface area (Å²) in [5.74, 6) is 1.35. The maximum atomic E-state index is 5.78. The van der Waals surface area contributed by atoms with Gasteiger partial charge >= 0.3 is 0 Å². The molecule has 1 N–H and O–H groups in total. The first kappa shape index (κ1) is 14.0. The van der Waals surface area contributed by atoms with Crippen LogP contribution in [-0.4, -0.2) is 41.0 Å². The van der Waals surface area contributed by atoms with Gasteiger partial charge in [0.05, 0.1) is 4.47 Å². The van der Waals surface area contributed by atoms with Crippen LogP contribution in [0.1, 0.15) is 19.8 Å². The number of anilines is 1. The molecular formula is C12H18BrClN4. The highest BCUT2D eigenvalue weighted by Gasteiger charge is 2.14. The number of hydrogen-bond donors (Lipinski definition) is 1. The molecule has 4 nitrogen and oxygen atoms in total. The second-order valence-corrected chi connectivity index (χ2v) is 6.02. The standard InChI is InChI=1S/C12H18BrClN4/c1-9(8-18-4-2-3-5-18)6-15-11-10(13)7-16-12(14)17-11/h7,9H,2-6,8H2,1H3,(H,15,16,17). The van der Waals surface area contributed by atoms with E-state index in [-0.39, 0.29) is 5.28 Å². The molecule has 18 heavy (non-hydrogen) atoms. The molecule has 2 rings (SSSR count). The van der Waals surface area contributed by atoms with E-state index in [1.54, 1.807) is 6.20 Å². The summed E-state index contributed by atoms with van der Waals surface area (Å²) >= 11 is 9.19. The van der Waals surface area contributed by atoms with Crippen LogP contribution in [0.2, 0.25) is 5.28 Å². The summed E-state index contributed by atoms with van der Waals surface area (Å²) in [6.07, 6.45) is 4.35. The van der Waals surface area contributed by atoms with Crippen molar-refractivity contribution in [3.05, 3.63) is 16.0 Å². The number of aromatic nitrogens is 2. The summed E-state index contributed by atoms with van der Waals surface area (Å²) < 4.78 is 0.847. The largest absolute Gasteiger partial charge is 0.369 e. The molecule has 100 valence electrons. The molecule has 6 heteroatoms. The minimum atomic E-state index is 0.271. The Balaban J connectivity index is 1.81. The van der Waals surface area contributed by atoms with E-state index >= 15 is 0 Å². The number of nitrogens with zero attached hydrogens (tertiary/aromatic N) is 3. The fourth-order valence-electron chi connectivity index (χ4n) is 2.21. The molecule has 0 bridgehead atoms. The first-order valence-electron chi connectivity index (χ1n) is 6.29. The lowest BCUT2D eigenvalue weighted by atomic mass is 10.1. The zero-order valence-electron chi connectivity index (χ0n) is 10.5. The lowest BCUT2D eigenvalue weighted by Gasteiger charge is -2.20. The summed E-state index contributed by atoms with van der Waals surface area (Å²) in [5.41, 5.74) is 0. The highest BCUT2D eigenvalue weighted by Crippen LogP contribution is 2.20. The summed E-state index contributed by atoms with van der Waals surface area (Å²) in [5, 5.41) is 3.59. The van der Waals surface area contributed by atoms with Crippen molar-refractivity contribution in [2.24, 2.45) is 5.92 Å². The monoisotopic (exact) mass is 332 g/mol. The number of nitrogens with one attached hydrogen (secondary N) is 1. The van der Waals surface area contributed by atoms with Gasteiger partial charge < -0.3 is 10.2 Å². The van der Waals surface area contributed by atoms with E-state index in [9.17, 15) is 0 Å². The Bertz CT molecular complexity index is 396. The first-order valence-corrected chi connectivity index (χ1v) is 7.46. The van der Waals surface area contributed by atoms with E-state index < -0.39 is 0 Å². The van der Waals surface area contributed by atoms with Crippen molar-refractivity contribution in [2.45, 2.75) is 19.8 Å². The maximum Gasteiger partial charge on any atom is 0.224 e. The normalized spacial score (nSPS) is 17.9. The second-order valence-electron chi connectivity index (χ2n) is 4.83. The van der Waals surface area contributed by atoms with Gasteiger partial charge in [0.1, 0.15) is 5.82 Å². The predicted molar refractivity (Wildman–Crippen MR) is 78.1 cm³/mol. The third kappa shape index (κ3) is 4.07. The number of hydrogen-bond acceptors (Lipinski definition) is 4. The van der Waals surface area contributed by atoms with Crippen LogP contribution in [-0.2, 0) is 0 Å². The second kappa shape index (κ2) is 6.68. The molecule has 1 saturated heterocycles. The van der Waals surface area contributed by atoms with Gasteiger partial charge in [0.25, 0.3) is 0 Å². The van der Waals surface area contributed by atoms with Crippen molar-refractivity contribution >= 4 is 33.3 Å². The van der Waals surface area contributed by atoms with Crippen LogP contribution in [0, 0.1) is 5.92 Å². The summed E-state index contributed by atoms with van der Waals surface area (Å²) in [7, 11) is 0. The maximum absolute atomic E-state index is 5.78. The number of rotatable bonds is 5. The SMILES string of the molecule is CC(CNc1nc(Cl)ncc1Br)CN1CCCC1. The minimum absolute atomic E-state index is 0.271. The topological polar surface area (TPSA) is 41.1 Å². The van der Waals surface area contributed by atoms with Gasteiger partial charge in [-0.1, -0.05) is 6.92 Å². The quantitative estimate of drug-likeness (QED) is 0.841. The molecule has 2 heterocycles. The third-order valence-corrected chi connectivity index (χ3v) is 3.86. The van der Waals surface area contributed by atoms with Gasteiger partial charge in [0.2, 0.25) is 5.28 Å². The fourth-order valence-corrected chi connectivity index (χ4v) is 2.68. The molecule has 1 aliphatic rings. The Hall–Kier alpha value is -0.390. The molecule has 1 aromatic heterocycles. The van der Waals surface area contributed by atoms with Gasteiger partial charge in [0.15, 0.2) is 0 Å². The highest BCUT2D eigenvalue weighted by molar-refractivity contribution is 9.10. The van der Waals surface area contributed by atoms with Gasteiger partial charge in [-0.05, 0) is 59.4 Å². The van der Waals surface area contributed by atoms with E-state index in [1.165, 1.54) is 25.9 Å². The van der Waals surface area contributed by atoms with Crippen LogP contribution in [0.4, 0.5) is 5.82 Å². The average Bonchev–Trinajstić information content (AvgIpc) is 2.83. The molecular weight excluding hydrogens is 316 g/mol. The van der Waals surface area contributed by atoms with Crippen molar-refractivity contribution in [3.8, 4) is 0 Å². The molecule has 1 aliphatic heterocycles. The van der Waals surface area contributed by atoms with Gasteiger partial charge in [-0.25, -0.2) is 4.98 Å². The zero-order valence-corrected chi connectivity index (χ0v) is 12.8. The van der Waals surface area contributed by atoms with Crippen molar-refractivity contribution < 1.29 is 0 Å². The Morgan fingerprint density at radius 1 is 1.50 bits per heavy atom. The lowest BCUT2D eigenvalue weighted by Crippen LogP contribution is -2.29. The van der Waals surface area contributed by atoms with E-state index in [4.69, 9.17) is 11.6 Å². The minimum Gasteiger partial charge on any atom is -0.369 e. The summed E-state index contributed by atoms with van der Waals surface area (Å²) in [6.45, 7) is 6.77. The van der Waals surface area contributed by atoms with E-state index in [0.29, 0.717) is 5.92 Å². The highest BCUT2D eigenvalue weighted by atomic mass is 79.9. The molecule has 1 atom stereocenters. The van der Waals surface area contributed by atoms with Crippen molar-refractivity contribution in [1.82, 2.24) is 14.9 Å². The van der Waals surface area contributed by atoms with Crippen LogP contribution < -0.4 is 5.32 Å².